The van der Waals surface area contributed by atoms with Crippen molar-refractivity contribution >= 4 is 17.8 Å². The van der Waals surface area contributed by atoms with Gasteiger partial charge < -0.3 is 20.0 Å². The van der Waals surface area contributed by atoms with Gasteiger partial charge in [-0.15, -0.1) is 0 Å². The van der Waals surface area contributed by atoms with Gasteiger partial charge in [-0.2, -0.15) is 0 Å². The third-order valence-electron chi connectivity index (χ3n) is 7.16. The van der Waals surface area contributed by atoms with Crippen molar-refractivity contribution in [3.8, 4) is 0 Å². The second-order valence-corrected chi connectivity index (χ2v) is 8.78. The summed E-state index contributed by atoms with van der Waals surface area (Å²) >= 11 is 0. The van der Waals surface area contributed by atoms with Crippen LogP contribution in [-0.4, -0.2) is 82.4 Å². The number of piperidine rings is 1. The van der Waals surface area contributed by atoms with E-state index in [4.69, 9.17) is 0 Å². The molecule has 0 radical (unpaired) electrons. The van der Waals surface area contributed by atoms with Crippen LogP contribution in [-0.2, 0) is 9.59 Å². The molecule has 8 heteroatoms. The number of hydrogen-bond acceptors (Lipinski definition) is 5. The second kappa shape index (κ2) is 6.07. The fourth-order valence-corrected chi connectivity index (χ4v) is 5.73. The zero-order chi connectivity index (χ0) is 19.6. The maximum atomic E-state index is 13.1. The van der Waals surface area contributed by atoms with Gasteiger partial charge in [-0.3, -0.25) is 14.9 Å². The van der Waals surface area contributed by atoms with Crippen molar-refractivity contribution in [2.45, 2.75) is 62.3 Å². The zero-order valence-corrected chi connectivity index (χ0v) is 16.4. The number of urea groups is 1. The number of allylic oxidation sites excluding steroid dienone is 1. The SMILES string of the molecule is CN1C(=O)N(C2CCC(=O)NC2=O)C2(C)C=CC(N3C4CCC3CNC4)=CC12. The molecular weight excluding hydrogens is 358 g/mol. The molecule has 4 saturated heterocycles. The third-order valence-corrected chi connectivity index (χ3v) is 7.16. The lowest BCUT2D eigenvalue weighted by atomic mass is 9.84. The Labute approximate surface area is 164 Å². The monoisotopic (exact) mass is 385 g/mol. The average molecular weight is 385 g/mol. The van der Waals surface area contributed by atoms with Crippen LogP contribution < -0.4 is 10.6 Å². The van der Waals surface area contributed by atoms with Gasteiger partial charge in [0.15, 0.2) is 0 Å². The van der Waals surface area contributed by atoms with Crippen LogP contribution in [0.5, 0.6) is 0 Å². The normalized spacial score (nSPS) is 40.0. The van der Waals surface area contributed by atoms with Gasteiger partial charge in [0.1, 0.15) is 6.04 Å². The minimum absolute atomic E-state index is 0.139. The summed E-state index contributed by atoms with van der Waals surface area (Å²) in [5, 5.41) is 5.90. The highest BCUT2D eigenvalue weighted by Gasteiger charge is 2.56. The molecule has 5 rings (SSSR count). The molecule has 1 aliphatic carbocycles. The molecule has 0 aromatic rings. The van der Waals surface area contributed by atoms with Gasteiger partial charge in [-0.05, 0) is 38.3 Å². The first kappa shape index (κ1) is 17.7. The Bertz CT molecular complexity index is 792. The van der Waals surface area contributed by atoms with Crippen LogP contribution in [0.1, 0.15) is 32.6 Å². The van der Waals surface area contributed by atoms with Gasteiger partial charge in [0.25, 0.3) is 0 Å². The van der Waals surface area contributed by atoms with E-state index in [0.717, 1.165) is 13.1 Å². The first-order chi connectivity index (χ1) is 13.4. The van der Waals surface area contributed by atoms with Crippen molar-refractivity contribution in [2.75, 3.05) is 20.1 Å². The van der Waals surface area contributed by atoms with Crippen LogP contribution in [0.3, 0.4) is 0 Å². The van der Waals surface area contributed by atoms with E-state index in [-0.39, 0.29) is 30.3 Å². The minimum atomic E-state index is -0.613. The van der Waals surface area contributed by atoms with Crippen molar-refractivity contribution < 1.29 is 14.4 Å². The Morgan fingerprint density at radius 1 is 1.11 bits per heavy atom. The lowest BCUT2D eigenvalue weighted by molar-refractivity contribution is -0.137. The fourth-order valence-electron chi connectivity index (χ4n) is 5.73. The number of carbonyl (C=O) groups is 3. The predicted octanol–water partition coefficient (Wildman–Crippen LogP) is 0.176. The highest BCUT2D eigenvalue weighted by Crippen LogP contribution is 2.42. The van der Waals surface area contributed by atoms with Crippen LogP contribution in [0.25, 0.3) is 0 Å². The Hall–Kier alpha value is -2.35. The highest BCUT2D eigenvalue weighted by molar-refractivity contribution is 6.02. The van der Waals surface area contributed by atoms with Crippen LogP contribution >= 0.6 is 0 Å². The van der Waals surface area contributed by atoms with Crippen LogP contribution in [0, 0.1) is 0 Å². The predicted molar refractivity (Wildman–Crippen MR) is 102 cm³/mol. The minimum Gasteiger partial charge on any atom is -0.363 e. The second-order valence-electron chi connectivity index (χ2n) is 8.78. The van der Waals surface area contributed by atoms with Crippen molar-refractivity contribution in [3.63, 3.8) is 0 Å². The number of likely N-dealkylation sites (N-methyl/N-ethyl adjacent to an activating group) is 1. The quantitative estimate of drug-likeness (QED) is 0.663. The van der Waals surface area contributed by atoms with Crippen molar-refractivity contribution in [1.82, 2.24) is 25.3 Å². The Kier molecular flexibility index (Phi) is 3.84. The Balaban J connectivity index is 1.46. The molecule has 0 spiro atoms. The summed E-state index contributed by atoms with van der Waals surface area (Å²) in [6, 6.07) is 0.102. The molecule has 0 aromatic heterocycles. The molecule has 4 heterocycles. The van der Waals surface area contributed by atoms with Gasteiger partial charge >= 0.3 is 6.03 Å². The molecule has 4 aliphatic heterocycles. The van der Waals surface area contributed by atoms with E-state index < -0.39 is 11.6 Å². The molecule has 5 unspecified atom stereocenters. The molecule has 8 nitrogen and oxygen atoms in total. The van der Waals surface area contributed by atoms with Gasteiger partial charge in [-0.25, -0.2) is 4.79 Å². The fraction of sp³-hybridized carbons (Fsp3) is 0.650. The van der Waals surface area contributed by atoms with Crippen molar-refractivity contribution in [3.05, 3.63) is 23.9 Å². The molecule has 2 N–H and O–H groups in total. The maximum absolute atomic E-state index is 13.1. The molecule has 28 heavy (non-hydrogen) atoms. The third kappa shape index (κ3) is 2.36. The van der Waals surface area contributed by atoms with E-state index in [1.807, 2.05) is 6.92 Å². The standard InChI is InChI=1S/C20H27N5O3/c1-20-8-7-12(24-13-3-4-14(24)11-21-10-13)9-16(20)23(2)19(28)25(20)15-5-6-17(26)22-18(15)27/h7-9,13-16,21H,3-6,10-11H2,1-2H3,(H,22,26,27). The van der Waals surface area contributed by atoms with E-state index in [2.05, 4.69) is 33.8 Å². The van der Waals surface area contributed by atoms with Crippen molar-refractivity contribution in [1.29, 1.82) is 0 Å². The number of rotatable bonds is 2. The smallest absolute Gasteiger partial charge is 0.321 e. The summed E-state index contributed by atoms with van der Waals surface area (Å²) in [7, 11) is 1.80. The molecule has 4 fully saturated rings. The van der Waals surface area contributed by atoms with E-state index in [9.17, 15) is 14.4 Å². The lowest BCUT2D eigenvalue weighted by Crippen LogP contribution is -2.60. The average Bonchev–Trinajstić information content (AvgIpc) is 3.02. The first-order valence-electron chi connectivity index (χ1n) is 10.2. The molecule has 150 valence electrons. The number of nitrogens with one attached hydrogen (secondary N) is 2. The molecule has 4 amide bonds. The molecule has 5 aliphatic rings. The lowest BCUT2D eigenvalue weighted by Gasteiger charge is -2.44. The van der Waals surface area contributed by atoms with Gasteiger partial charge in [0.05, 0.1) is 11.6 Å². The summed E-state index contributed by atoms with van der Waals surface area (Å²) in [4.78, 5) is 43.1. The number of hydrogen-bond donors (Lipinski definition) is 2. The van der Waals surface area contributed by atoms with Crippen LogP contribution in [0.2, 0.25) is 0 Å². The Morgan fingerprint density at radius 3 is 2.50 bits per heavy atom. The number of imide groups is 1. The van der Waals surface area contributed by atoms with Gasteiger partial charge in [0.2, 0.25) is 11.8 Å². The summed E-state index contributed by atoms with van der Waals surface area (Å²) in [6.07, 6.45) is 9.43. The summed E-state index contributed by atoms with van der Waals surface area (Å²) < 4.78 is 0. The summed E-state index contributed by atoms with van der Waals surface area (Å²) in [5.41, 5.74) is 0.575. The number of amides is 4. The van der Waals surface area contributed by atoms with Gasteiger partial charge in [-0.1, -0.05) is 6.08 Å². The highest BCUT2D eigenvalue weighted by atomic mass is 16.2. The zero-order valence-electron chi connectivity index (χ0n) is 16.4. The summed E-state index contributed by atoms with van der Waals surface area (Å²) in [5.74, 6) is -0.637. The number of carbonyl (C=O) groups excluding carboxylic acids is 3. The number of fused-ring (bicyclic) bond motifs is 3. The topological polar surface area (TPSA) is 85.0 Å². The molecule has 5 atom stereocenters. The first-order valence-corrected chi connectivity index (χ1v) is 10.2. The molecule has 0 aromatic carbocycles. The molecular formula is C20H27N5O3. The van der Waals surface area contributed by atoms with Crippen molar-refractivity contribution in [2.24, 2.45) is 0 Å². The molecule has 0 saturated carbocycles. The Morgan fingerprint density at radius 2 is 1.82 bits per heavy atom. The van der Waals surface area contributed by atoms with Crippen LogP contribution in [0.15, 0.2) is 23.9 Å². The summed E-state index contributed by atoms with van der Waals surface area (Å²) in [6.45, 7) is 4.01. The van der Waals surface area contributed by atoms with Gasteiger partial charge in [0, 0.05) is 44.3 Å². The van der Waals surface area contributed by atoms with Crippen LogP contribution in [0.4, 0.5) is 4.79 Å². The largest absolute Gasteiger partial charge is 0.363 e. The maximum Gasteiger partial charge on any atom is 0.321 e. The molecule has 2 bridgehead atoms. The van der Waals surface area contributed by atoms with E-state index >= 15 is 0 Å². The number of nitrogens with zero attached hydrogens (tertiary/aromatic N) is 3. The van der Waals surface area contributed by atoms with E-state index in [0.29, 0.717) is 18.5 Å². The van der Waals surface area contributed by atoms with E-state index in [1.165, 1.54) is 18.5 Å². The van der Waals surface area contributed by atoms with E-state index in [1.54, 1.807) is 16.8 Å². The number of piperazine rings is 1.